The molecule has 7 amide bonds. The normalized spacial score (nSPS) is 13.9. The molecule has 22 nitrogen and oxygen atoms in total. The number of carboxylic acid groups (broad SMARTS) is 1. The van der Waals surface area contributed by atoms with E-state index in [4.69, 9.17) is 28.0 Å². The summed E-state index contributed by atoms with van der Waals surface area (Å²) in [7, 11) is 0. The SMILES string of the molecule is CC[C@H](C)[C@H](NC(=O)C(CCCNC(=N)N)NC(=O)[C@H](CC(=O)O)NC(=O)[C@@H](NC(=O)C(CCCNC(=N)N)NC(=O)Cc1ccc(NC(=O)c2ccc3ccccc3c2)cc1)[C@@H](C)CC)C(N)=O. The molecule has 0 spiro atoms. The lowest BCUT2D eigenvalue weighted by atomic mass is 9.96. The monoisotopic (exact) mass is 958 g/mol. The summed E-state index contributed by atoms with van der Waals surface area (Å²) in [5.41, 5.74) is 17.9. The number of hydrogen-bond donors (Lipinski definition) is 14. The van der Waals surface area contributed by atoms with Crippen LogP contribution in [0.2, 0.25) is 0 Å². The second-order valence-electron chi connectivity index (χ2n) is 16.8. The zero-order chi connectivity index (χ0) is 51.2. The van der Waals surface area contributed by atoms with Crippen molar-refractivity contribution in [2.75, 3.05) is 18.4 Å². The highest BCUT2D eigenvalue weighted by molar-refractivity contribution is 6.06. The lowest BCUT2D eigenvalue weighted by Crippen LogP contribution is -2.60. The molecular weight excluding hydrogens is 891 g/mol. The molecule has 374 valence electrons. The average molecular weight is 958 g/mol. The van der Waals surface area contributed by atoms with Crippen LogP contribution >= 0.6 is 0 Å². The zero-order valence-corrected chi connectivity index (χ0v) is 39.4. The smallest absolute Gasteiger partial charge is 0.305 e. The number of carboxylic acids is 1. The quantitative estimate of drug-likeness (QED) is 0.0270. The van der Waals surface area contributed by atoms with Crippen molar-refractivity contribution in [2.45, 2.75) is 109 Å². The predicted molar refractivity (Wildman–Crippen MR) is 260 cm³/mol. The maximum atomic E-state index is 14.0. The number of rotatable bonds is 28. The van der Waals surface area contributed by atoms with Gasteiger partial charge in [0.05, 0.1) is 12.8 Å². The average Bonchev–Trinajstić information content (AvgIpc) is 3.30. The van der Waals surface area contributed by atoms with Crippen LogP contribution in [0.1, 0.15) is 88.6 Å². The van der Waals surface area contributed by atoms with Gasteiger partial charge in [-0.2, -0.15) is 0 Å². The van der Waals surface area contributed by atoms with Gasteiger partial charge in [-0.25, -0.2) is 0 Å². The van der Waals surface area contributed by atoms with E-state index in [1.165, 1.54) is 0 Å². The van der Waals surface area contributed by atoms with E-state index in [2.05, 4.69) is 42.5 Å². The van der Waals surface area contributed by atoms with Crippen LogP contribution in [0.3, 0.4) is 0 Å². The van der Waals surface area contributed by atoms with E-state index < -0.39 is 84.0 Å². The van der Waals surface area contributed by atoms with Crippen LogP contribution in [0, 0.1) is 22.7 Å². The molecule has 22 heteroatoms. The van der Waals surface area contributed by atoms with Gasteiger partial charge >= 0.3 is 5.97 Å². The molecule has 0 fully saturated rings. The van der Waals surface area contributed by atoms with Crippen LogP contribution in [0.5, 0.6) is 0 Å². The molecule has 0 saturated carbocycles. The summed E-state index contributed by atoms with van der Waals surface area (Å²) in [5.74, 6) is -8.29. The molecule has 0 aliphatic rings. The van der Waals surface area contributed by atoms with Gasteiger partial charge in [-0.1, -0.05) is 83.0 Å². The minimum Gasteiger partial charge on any atom is -0.481 e. The molecule has 17 N–H and O–H groups in total. The number of hydrogen-bond acceptors (Lipinski definition) is 10. The van der Waals surface area contributed by atoms with Crippen molar-refractivity contribution in [1.82, 2.24) is 37.2 Å². The molecule has 0 heterocycles. The highest BCUT2D eigenvalue weighted by Crippen LogP contribution is 2.18. The number of guanidine groups is 2. The summed E-state index contributed by atoms with van der Waals surface area (Å²) in [5, 5.41) is 47.5. The van der Waals surface area contributed by atoms with Gasteiger partial charge in [-0.05, 0) is 78.1 Å². The van der Waals surface area contributed by atoms with Crippen molar-refractivity contribution in [3.63, 3.8) is 0 Å². The van der Waals surface area contributed by atoms with Crippen LogP contribution in [0.25, 0.3) is 10.8 Å². The number of fused-ring (bicyclic) bond motifs is 1. The largest absolute Gasteiger partial charge is 0.481 e. The van der Waals surface area contributed by atoms with Crippen molar-refractivity contribution in [1.29, 1.82) is 10.8 Å². The van der Waals surface area contributed by atoms with Gasteiger partial charge < -0.3 is 64.8 Å². The highest BCUT2D eigenvalue weighted by Gasteiger charge is 2.35. The lowest BCUT2D eigenvalue weighted by molar-refractivity contribution is -0.141. The first-order valence-electron chi connectivity index (χ1n) is 22.8. The minimum absolute atomic E-state index is 0.0372. The Balaban J connectivity index is 1.77. The molecular formula is C47H67N13O9. The van der Waals surface area contributed by atoms with Crippen molar-refractivity contribution in [2.24, 2.45) is 29.0 Å². The lowest BCUT2D eigenvalue weighted by Gasteiger charge is -2.29. The van der Waals surface area contributed by atoms with Crippen LogP contribution in [0.15, 0.2) is 66.7 Å². The molecule has 2 unspecified atom stereocenters. The second kappa shape index (κ2) is 27.8. The fraction of sp³-hybridized carbons (Fsp3) is 0.447. The van der Waals surface area contributed by atoms with Crippen molar-refractivity contribution in [3.8, 4) is 0 Å². The Kier molecular flexibility index (Phi) is 22.3. The van der Waals surface area contributed by atoms with Crippen LogP contribution in [-0.2, 0) is 40.0 Å². The second-order valence-corrected chi connectivity index (χ2v) is 16.8. The first-order chi connectivity index (χ1) is 32.7. The van der Waals surface area contributed by atoms with Gasteiger partial charge in [0.2, 0.25) is 35.4 Å². The number of carbonyl (C=O) groups excluding carboxylic acids is 7. The van der Waals surface area contributed by atoms with E-state index in [0.29, 0.717) is 29.7 Å². The molecule has 7 atom stereocenters. The van der Waals surface area contributed by atoms with Gasteiger partial charge in [-0.3, -0.25) is 49.2 Å². The van der Waals surface area contributed by atoms with Crippen molar-refractivity contribution < 1.29 is 43.5 Å². The Morgan fingerprint density at radius 3 is 1.65 bits per heavy atom. The number of primary amides is 1. The van der Waals surface area contributed by atoms with Crippen LogP contribution < -0.4 is 59.7 Å². The van der Waals surface area contributed by atoms with Gasteiger partial charge in [0.15, 0.2) is 11.9 Å². The Morgan fingerprint density at radius 2 is 1.12 bits per heavy atom. The molecule has 0 aliphatic heterocycles. The molecule has 0 radical (unpaired) electrons. The Labute approximate surface area is 400 Å². The maximum absolute atomic E-state index is 14.0. The number of nitrogens with two attached hydrogens (primary N) is 3. The molecule has 0 aromatic heterocycles. The third kappa shape index (κ3) is 18.8. The first kappa shape index (κ1) is 55.5. The standard InChI is InChI=1S/C47H67N13O9/c1-5-26(3)38(40(48)64)59-43(67)34(14-10-22-54-47(51)52)57-44(68)35(25-37(62)63)58-45(69)39(27(4)6-2)60-42(66)33(13-9-21-53-46(49)50)56-36(61)23-28-15-19-32(20-16-28)55-41(65)31-18-17-29-11-7-8-12-30(29)24-31/h7-8,11-12,15-20,24,26-27,33-35,38-39H,5-6,9-10,13-14,21-23,25H2,1-4H3,(H2,48,64)(H,55,65)(H,56,61)(H,57,68)(H,58,69)(H,59,67)(H,60,66)(H,62,63)(H4,49,50,53)(H4,51,52,54)/t26-,27-,33?,34?,35-,38-,39-/m0/s1. The van der Waals surface area contributed by atoms with Crippen LogP contribution in [0.4, 0.5) is 5.69 Å². The van der Waals surface area contributed by atoms with E-state index in [0.717, 1.165) is 10.8 Å². The molecule has 3 aromatic carbocycles. The Bertz CT molecular complexity index is 2310. The van der Waals surface area contributed by atoms with Crippen molar-refractivity contribution in [3.05, 3.63) is 77.9 Å². The van der Waals surface area contributed by atoms with E-state index >= 15 is 0 Å². The summed E-state index contributed by atoms with van der Waals surface area (Å²) in [6.45, 7) is 7.19. The van der Waals surface area contributed by atoms with Gasteiger partial charge in [0.25, 0.3) is 5.91 Å². The predicted octanol–water partition coefficient (Wildman–Crippen LogP) is 0.637. The number of benzene rings is 3. The maximum Gasteiger partial charge on any atom is 0.305 e. The summed E-state index contributed by atoms with van der Waals surface area (Å²) < 4.78 is 0. The summed E-state index contributed by atoms with van der Waals surface area (Å²) in [6.07, 6.45) is 0.135. The summed E-state index contributed by atoms with van der Waals surface area (Å²) in [6, 6.07) is 12.9. The first-order valence-corrected chi connectivity index (χ1v) is 22.8. The Hall–Kier alpha value is -7.78. The number of aliphatic carboxylic acids is 1. The van der Waals surface area contributed by atoms with Gasteiger partial charge in [-0.15, -0.1) is 0 Å². The molecule has 0 saturated heterocycles. The van der Waals surface area contributed by atoms with E-state index in [1.54, 1.807) is 64.1 Å². The van der Waals surface area contributed by atoms with Crippen LogP contribution in [-0.4, -0.2) is 108 Å². The zero-order valence-electron chi connectivity index (χ0n) is 39.4. The third-order valence-corrected chi connectivity index (χ3v) is 11.5. The molecule has 0 bridgehead atoms. The minimum atomic E-state index is -1.75. The highest BCUT2D eigenvalue weighted by atomic mass is 16.4. The Morgan fingerprint density at radius 1 is 0.609 bits per heavy atom. The van der Waals surface area contributed by atoms with Crippen molar-refractivity contribution >= 4 is 75.7 Å². The number of anilines is 1. The summed E-state index contributed by atoms with van der Waals surface area (Å²) >= 11 is 0. The van der Waals surface area contributed by atoms with E-state index in [-0.39, 0.29) is 68.9 Å². The summed E-state index contributed by atoms with van der Waals surface area (Å²) in [4.78, 5) is 106. The molecule has 0 aliphatic carbocycles. The number of carbonyl (C=O) groups is 8. The van der Waals surface area contributed by atoms with E-state index in [1.807, 2.05) is 30.3 Å². The number of nitrogens with one attached hydrogen (secondary N) is 10. The third-order valence-electron chi connectivity index (χ3n) is 11.5. The topological polar surface area (TPSA) is 379 Å². The molecule has 3 rings (SSSR count). The van der Waals surface area contributed by atoms with E-state index in [9.17, 15) is 43.5 Å². The fourth-order valence-corrected chi connectivity index (χ4v) is 7.12. The molecule has 69 heavy (non-hydrogen) atoms. The van der Waals surface area contributed by atoms with Gasteiger partial charge in [0, 0.05) is 24.3 Å². The number of amides is 7. The molecule has 3 aromatic rings. The van der Waals surface area contributed by atoms with Gasteiger partial charge in [0.1, 0.15) is 30.2 Å². The fourth-order valence-electron chi connectivity index (χ4n) is 7.12.